The smallest absolute Gasteiger partial charge is 0.333 e. The van der Waals surface area contributed by atoms with Crippen LogP contribution in [0.15, 0.2) is 0 Å². The van der Waals surface area contributed by atoms with Gasteiger partial charge in [0, 0.05) is 25.7 Å². The molecule has 0 aromatic carbocycles. The maximum Gasteiger partial charge on any atom is 0.333 e. The lowest BCUT2D eigenvalue weighted by Gasteiger charge is -2.12. The van der Waals surface area contributed by atoms with Crippen molar-refractivity contribution in [2.45, 2.75) is 103 Å². The van der Waals surface area contributed by atoms with E-state index in [1.165, 1.54) is 32.1 Å². The first-order valence-electron chi connectivity index (χ1n) is 10.8. The van der Waals surface area contributed by atoms with Crippen LogP contribution in [0, 0.1) is 0 Å². The van der Waals surface area contributed by atoms with Gasteiger partial charge in [-0.05, 0) is 19.8 Å². The number of esters is 1. The van der Waals surface area contributed by atoms with Crippen molar-refractivity contribution in [2.24, 2.45) is 0 Å². The quantitative estimate of drug-likeness (QED) is 0.220. The van der Waals surface area contributed by atoms with Crippen LogP contribution in [0.3, 0.4) is 0 Å². The Kier molecular flexibility index (Phi) is 13.0. The average Bonchev–Trinajstić information content (AvgIpc) is 2.97. The van der Waals surface area contributed by atoms with Crippen molar-refractivity contribution in [3.8, 4) is 0 Å². The van der Waals surface area contributed by atoms with E-state index in [4.69, 9.17) is 9.57 Å². The van der Waals surface area contributed by atoms with Crippen molar-refractivity contribution in [3.05, 3.63) is 0 Å². The fourth-order valence-electron chi connectivity index (χ4n) is 3.17. The summed E-state index contributed by atoms with van der Waals surface area (Å²) in [7, 11) is 0. The summed E-state index contributed by atoms with van der Waals surface area (Å²) in [4.78, 5) is 50.4. The zero-order valence-corrected chi connectivity index (χ0v) is 17.2. The normalized spacial score (nSPS) is 13.8. The Hall–Kier alpha value is -1.92. The average molecular weight is 398 g/mol. The van der Waals surface area contributed by atoms with Crippen LogP contribution in [0.25, 0.3) is 0 Å². The van der Waals surface area contributed by atoms with Crippen LogP contribution in [0.4, 0.5) is 0 Å². The van der Waals surface area contributed by atoms with E-state index in [0.717, 1.165) is 38.5 Å². The Morgan fingerprint density at radius 1 is 0.714 bits per heavy atom. The second kappa shape index (κ2) is 15.1. The Balaban J connectivity index is 1.83. The molecule has 0 aromatic rings. The Labute approximate surface area is 168 Å². The maximum absolute atomic E-state index is 11.6. The summed E-state index contributed by atoms with van der Waals surface area (Å²) in [6.45, 7) is 2.29. The number of hydroxylamine groups is 2. The number of amides is 2. The highest BCUT2D eigenvalue weighted by Crippen LogP contribution is 2.15. The van der Waals surface area contributed by atoms with Crippen LogP contribution in [-0.4, -0.2) is 35.4 Å². The van der Waals surface area contributed by atoms with Crippen LogP contribution >= 0.6 is 0 Å². The molecule has 28 heavy (non-hydrogen) atoms. The number of carbonyl (C=O) groups excluding carboxylic acids is 4. The second-order valence-corrected chi connectivity index (χ2v) is 7.24. The van der Waals surface area contributed by atoms with Gasteiger partial charge >= 0.3 is 11.9 Å². The molecule has 0 spiro atoms. The molecule has 0 N–H and O–H groups in total. The number of rotatable bonds is 16. The number of ether oxygens (including phenoxy) is 1. The van der Waals surface area contributed by atoms with Gasteiger partial charge in [-0.3, -0.25) is 14.4 Å². The molecule has 2 amide bonds. The Morgan fingerprint density at radius 2 is 1.11 bits per heavy atom. The Bertz CT molecular complexity index is 489. The molecule has 160 valence electrons. The van der Waals surface area contributed by atoms with Crippen molar-refractivity contribution < 1.29 is 28.8 Å². The summed E-state index contributed by atoms with van der Waals surface area (Å²) < 4.78 is 4.90. The monoisotopic (exact) mass is 397 g/mol. The van der Waals surface area contributed by atoms with Crippen LogP contribution in [0.1, 0.15) is 103 Å². The van der Waals surface area contributed by atoms with Gasteiger partial charge in [-0.1, -0.05) is 57.8 Å². The summed E-state index contributed by atoms with van der Waals surface area (Å²) >= 11 is 0. The second-order valence-electron chi connectivity index (χ2n) is 7.24. The molecule has 1 fully saturated rings. The van der Waals surface area contributed by atoms with E-state index < -0.39 is 17.8 Å². The Morgan fingerprint density at radius 3 is 1.54 bits per heavy atom. The van der Waals surface area contributed by atoms with Gasteiger partial charge < -0.3 is 9.57 Å². The van der Waals surface area contributed by atoms with Crippen molar-refractivity contribution in [2.75, 3.05) is 6.61 Å². The van der Waals surface area contributed by atoms with Crippen molar-refractivity contribution >= 4 is 23.8 Å². The highest BCUT2D eigenvalue weighted by Gasteiger charge is 2.32. The van der Waals surface area contributed by atoms with Crippen molar-refractivity contribution in [1.82, 2.24) is 5.06 Å². The van der Waals surface area contributed by atoms with Crippen LogP contribution in [-0.2, 0) is 28.8 Å². The molecule has 0 unspecified atom stereocenters. The van der Waals surface area contributed by atoms with E-state index in [1.807, 2.05) is 6.92 Å². The third kappa shape index (κ3) is 11.0. The standard InChI is InChI=1S/C21H35NO6/c1-2-27-20(25)14-12-10-8-6-4-3-5-7-9-11-13-15-21(26)28-22-18(23)16-17-19(22)24/h2-17H2,1H3. The van der Waals surface area contributed by atoms with Gasteiger partial charge in [0.15, 0.2) is 0 Å². The van der Waals surface area contributed by atoms with Gasteiger partial charge in [0.05, 0.1) is 6.61 Å². The first-order chi connectivity index (χ1) is 13.5. The first kappa shape index (κ1) is 24.1. The zero-order chi connectivity index (χ0) is 20.6. The van der Waals surface area contributed by atoms with Gasteiger partial charge in [0.25, 0.3) is 11.8 Å². The number of hydrogen-bond acceptors (Lipinski definition) is 6. The van der Waals surface area contributed by atoms with E-state index >= 15 is 0 Å². The molecule has 0 atom stereocenters. The summed E-state index contributed by atoms with van der Waals surface area (Å²) in [5.41, 5.74) is 0. The number of imide groups is 1. The lowest BCUT2D eigenvalue weighted by molar-refractivity contribution is -0.197. The van der Waals surface area contributed by atoms with Crippen LogP contribution in [0.5, 0.6) is 0 Å². The molecular formula is C21H35NO6. The van der Waals surface area contributed by atoms with Gasteiger partial charge in [-0.2, -0.15) is 0 Å². The number of nitrogens with zero attached hydrogens (tertiary/aromatic N) is 1. The third-order valence-electron chi connectivity index (χ3n) is 4.77. The SMILES string of the molecule is CCOC(=O)CCCCCCCCCCCCCC(=O)ON1C(=O)CCC1=O. The molecule has 1 saturated heterocycles. The molecular weight excluding hydrogens is 362 g/mol. The minimum atomic E-state index is -0.508. The third-order valence-corrected chi connectivity index (χ3v) is 4.77. The summed E-state index contributed by atoms with van der Waals surface area (Å²) in [5, 5.41) is 0.610. The lowest BCUT2D eigenvalue weighted by Crippen LogP contribution is -2.31. The van der Waals surface area contributed by atoms with E-state index in [-0.39, 0.29) is 25.2 Å². The van der Waals surface area contributed by atoms with Crippen LogP contribution < -0.4 is 0 Å². The molecule has 0 aliphatic carbocycles. The summed E-state index contributed by atoms with van der Waals surface area (Å²) in [5.74, 6) is -1.46. The number of unbranched alkanes of at least 4 members (excludes halogenated alkanes) is 10. The highest BCUT2D eigenvalue weighted by molar-refractivity contribution is 6.01. The minimum Gasteiger partial charge on any atom is -0.466 e. The number of carbonyl (C=O) groups is 4. The van der Waals surface area contributed by atoms with E-state index in [1.54, 1.807) is 0 Å². The molecule has 7 heteroatoms. The predicted octanol–water partition coefficient (Wildman–Crippen LogP) is 4.23. The summed E-state index contributed by atoms with van der Waals surface area (Å²) in [6.07, 6.45) is 13.0. The van der Waals surface area contributed by atoms with Crippen LogP contribution in [0.2, 0.25) is 0 Å². The molecule has 1 rings (SSSR count). The molecule has 1 heterocycles. The maximum atomic E-state index is 11.6. The zero-order valence-electron chi connectivity index (χ0n) is 17.2. The largest absolute Gasteiger partial charge is 0.466 e. The van der Waals surface area contributed by atoms with Gasteiger partial charge in [-0.15, -0.1) is 5.06 Å². The predicted molar refractivity (Wildman–Crippen MR) is 104 cm³/mol. The number of hydrogen-bond donors (Lipinski definition) is 0. The lowest BCUT2D eigenvalue weighted by atomic mass is 10.0. The molecule has 0 bridgehead atoms. The molecule has 1 aliphatic heterocycles. The fourth-order valence-corrected chi connectivity index (χ4v) is 3.17. The molecule has 0 radical (unpaired) electrons. The van der Waals surface area contributed by atoms with Gasteiger partial charge in [0.2, 0.25) is 0 Å². The molecule has 0 saturated carbocycles. The van der Waals surface area contributed by atoms with Crippen molar-refractivity contribution in [1.29, 1.82) is 0 Å². The molecule has 1 aliphatic rings. The van der Waals surface area contributed by atoms with E-state index in [9.17, 15) is 19.2 Å². The van der Waals surface area contributed by atoms with E-state index in [0.29, 0.717) is 18.1 Å². The molecule has 7 nitrogen and oxygen atoms in total. The fraction of sp³-hybridized carbons (Fsp3) is 0.810. The summed E-state index contributed by atoms with van der Waals surface area (Å²) in [6, 6.07) is 0. The van der Waals surface area contributed by atoms with Gasteiger partial charge in [0.1, 0.15) is 0 Å². The van der Waals surface area contributed by atoms with Crippen molar-refractivity contribution in [3.63, 3.8) is 0 Å². The minimum absolute atomic E-state index is 0.0891. The topological polar surface area (TPSA) is 90.0 Å². The highest BCUT2D eigenvalue weighted by atomic mass is 16.7. The van der Waals surface area contributed by atoms with E-state index in [2.05, 4.69) is 0 Å². The molecule has 0 aromatic heterocycles. The first-order valence-corrected chi connectivity index (χ1v) is 10.8. The van der Waals surface area contributed by atoms with Gasteiger partial charge in [-0.25, -0.2) is 4.79 Å².